The first-order valence-corrected chi connectivity index (χ1v) is 13.7. The van der Waals surface area contributed by atoms with Gasteiger partial charge in [-0.1, -0.05) is 12.1 Å². The van der Waals surface area contributed by atoms with E-state index in [9.17, 15) is 5.11 Å². The second-order valence-corrected chi connectivity index (χ2v) is 11.5. The van der Waals surface area contributed by atoms with E-state index in [1.165, 1.54) is 0 Å². The molecule has 1 aliphatic rings. The third kappa shape index (κ3) is 5.41. The Balaban J connectivity index is 1.43. The fourth-order valence-corrected chi connectivity index (χ4v) is 5.79. The van der Waals surface area contributed by atoms with Crippen LogP contribution in [0.25, 0.3) is 10.2 Å². The van der Waals surface area contributed by atoms with Crippen molar-refractivity contribution in [3.05, 3.63) is 59.0 Å². The van der Waals surface area contributed by atoms with Gasteiger partial charge in [0.25, 0.3) is 0 Å². The van der Waals surface area contributed by atoms with E-state index in [4.69, 9.17) is 14.7 Å². The van der Waals surface area contributed by atoms with E-state index in [1.807, 2.05) is 36.4 Å². The van der Waals surface area contributed by atoms with E-state index in [1.54, 1.807) is 32.3 Å². The number of nitrogens with zero attached hydrogens (tertiary/aromatic N) is 4. The Bertz CT molecular complexity index is 1450. The minimum absolute atomic E-state index is 0.504. The van der Waals surface area contributed by atoms with E-state index in [0.29, 0.717) is 12.0 Å². The molecule has 0 aliphatic carbocycles. The number of fused-ring (bicyclic) bond motifs is 1. The number of benzene rings is 2. The summed E-state index contributed by atoms with van der Waals surface area (Å²) in [5.41, 5.74) is 3.82. The minimum atomic E-state index is -0.933. The van der Waals surface area contributed by atoms with Crippen molar-refractivity contribution in [2.45, 2.75) is 38.8 Å². The molecule has 2 aromatic carbocycles. The van der Waals surface area contributed by atoms with Crippen molar-refractivity contribution >= 4 is 50.4 Å². The highest BCUT2D eigenvalue weighted by atomic mass is 32.1. The van der Waals surface area contributed by atoms with Crippen molar-refractivity contribution in [2.75, 3.05) is 49.8 Å². The molecule has 38 heavy (non-hydrogen) atoms. The lowest BCUT2D eigenvalue weighted by Gasteiger charge is -2.24. The fraction of sp³-hybridized carbons (Fsp3) is 0.379. The SMILES string of the molecule is COc1cc(Nc2nc(Nc3cccc(C(C)(C)O)c3)c3c(C)csc3n2)ccc1N1CCC(N(C)C)C1. The number of ether oxygens (including phenoxy) is 1. The van der Waals surface area contributed by atoms with Gasteiger partial charge in [-0.3, -0.25) is 0 Å². The molecular formula is C29H36N6O2S. The Labute approximate surface area is 228 Å². The quantitative estimate of drug-likeness (QED) is 0.260. The van der Waals surface area contributed by atoms with Crippen LogP contribution in [-0.2, 0) is 5.60 Å². The Morgan fingerprint density at radius 3 is 2.61 bits per heavy atom. The molecule has 1 fully saturated rings. The molecule has 2 aromatic heterocycles. The first kappa shape index (κ1) is 26.2. The second-order valence-electron chi connectivity index (χ2n) is 10.6. The van der Waals surface area contributed by atoms with Gasteiger partial charge >= 0.3 is 0 Å². The summed E-state index contributed by atoms with van der Waals surface area (Å²) in [6, 6.07) is 14.5. The van der Waals surface area contributed by atoms with Crippen LogP contribution >= 0.6 is 11.3 Å². The van der Waals surface area contributed by atoms with E-state index in [0.717, 1.165) is 69.5 Å². The molecule has 4 aromatic rings. The highest BCUT2D eigenvalue weighted by Gasteiger charge is 2.26. The van der Waals surface area contributed by atoms with Gasteiger partial charge in [-0.25, -0.2) is 4.98 Å². The standard InChI is InChI=1S/C29H36N6O2S/c1-18-17-38-27-25(18)26(30-20-9-7-8-19(14-20)29(2,3)36)32-28(33-27)31-21-10-11-23(24(15-21)37-6)35-13-12-22(16-35)34(4)5/h7-11,14-15,17,22,36H,12-13,16H2,1-6H3,(H2,30,31,32,33). The van der Waals surface area contributed by atoms with Crippen molar-refractivity contribution in [3.8, 4) is 5.75 Å². The predicted octanol–water partition coefficient (Wildman–Crippen LogP) is 5.86. The van der Waals surface area contributed by atoms with Crippen molar-refractivity contribution in [2.24, 2.45) is 0 Å². The first-order chi connectivity index (χ1) is 18.1. The number of aromatic nitrogens is 2. The van der Waals surface area contributed by atoms with Gasteiger partial charge < -0.3 is 30.3 Å². The molecule has 1 saturated heterocycles. The van der Waals surface area contributed by atoms with Gasteiger partial charge in [-0.2, -0.15) is 4.98 Å². The van der Waals surface area contributed by atoms with Crippen LogP contribution in [0.4, 0.5) is 28.8 Å². The van der Waals surface area contributed by atoms with E-state index >= 15 is 0 Å². The number of aliphatic hydroxyl groups is 1. The lowest BCUT2D eigenvalue weighted by atomic mass is 9.98. The molecule has 0 saturated carbocycles. The van der Waals surface area contributed by atoms with Gasteiger partial charge in [0, 0.05) is 36.6 Å². The van der Waals surface area contributed by atoms with Crippen LogP contribution in [0.2, 0.25) is 0 Å². The van der Waals surface area contributed by atoms with Gasteiger partial charge in [0.15, 0.2) is 0 Å². The number of likely N-dealkylation sites (N-methyl/N-ethyl adjacent to an activating group) is 1. The van der Waals surface area contributed by atoms with Crippen molar-refractivity contribution in [1.29, 1.82) is 0 Å². The molecule has 1 aliphatic heterocycles. The predicted molar refractivity (Wildman–Crippen MR) is 158 cm³/mol. The Kier molecular flexibility index (Phi) is 7.17. The highest BCUT2D eigenvalue weighted by molar-refractivity contribution is 7.17. The monoisotopic (exact) mass is 532 g/mol. The topological polar surface area (TPSA) is 85.8 Å². The summed E-state index contributed by atoms with van der Waals surface area (Å²) in [5, 5.41) is 20.4. The molecule has 1 atom stereocenters. The van der Waals surface area contributed by atoms with Gasteiger partial charge in [0.2, 0.25) is 5.95 Å². The molecule has 0 radical (unpaired) electrons. The molecule has 0 amide bonds. The summed E-state index contributed by atoms with van der Waals surface area (Å²) in [6.07, 6.45) is 1.14. The summed E-state index contributed by atoms with van der Waals surface area (Å²) in [5.74, 6) is 2.05. The summed E-state index contributed by atoms with van der Waals surface area (Å²) in [6.45, 7) is 7.62. The average Bonchev–Trinajstić information content (AvgIpc) is 3.51. The van der Waals surface area contributed by atoms with Gasteiger partial charge in [0.1, 0.15) is 16.4 Å². The maximum Gasteiger partial charge on any atom is 0.230 e. The van der Waals surface area contributed by atoms with Crippen molar-refractivity contribution in [1.82, 2.24) is 14.9 Å². The molecular weight excluding hydrogens is 496 g/mol. The maximum absolute atomic E-state index is 10.5. The smallest absolute Gasteiger partial charge is 0.230 e. The third-order valence-corrected chi connectivity index (χ3v) is 8.11. The zero-order chi connectivity index (χ0) is 27.0. The molecule has 0 bridgehead atoms. The van der Waals surface area contributed by atoms with Crippen LogP contribution < -0.4 is 20.3 Å². The zero-order valence-corrected chi connectivity index (χ0v) is 23.7. The molecule has 200 valence electrons. The molecule has 5 rings (SSSR count). The molecule has 1 unspecified atom stereocenters. The highest BCUT2D eigenvalue weighted by Crippen LogP contribution is 2.36. The average molecular weight is 533 g/mol. The Morgan fingerprint density at radius 2 is 1.89 bits per heavy atom. The third-order valence-electron chi connectivity index (χ3n) is 7.12. The van der Waals surface area contributed by atoms with E-state index in [2.05, 4.69) is 52.9 Å². The van der Waals surface area contributed by atoms with Gasteiger partial charge in [-0.15, -0.1) is 11.3 Å². The zero-order valence-electron chi connectivity index (χ0n) is 22.9. The first-order valence-electron chi connectivity index (χ1n) is 12.8. The number of aryl methyl sites for hydroxylation is 1. The fourth-order valence-electron chi connectivity index (χ4n) is 4.87. The van der Waals surface area contributed by atoms with Crippen LogP contribution in [-0.4, -0.2) is 60.3 Å². The van der Waals surface area contributed by atoms with E-state index < -0.39 is 5.60 Å². The van der Waals surface area contributed by atoms with Gasteiger partial charge in [0.05, 0.1) is 23.8 Å². The molecule has 3 heterocycles. The summed E-state index contributed by atoms with van der Waals surface area (Å²) < 4.78 is 5.78. The maximum atomic E-state index is 10.5. The second kappa shape index (κ2) is 10.4. The number of hydrogen-bond donors (Lipinski definition) is 3. The normalized spacial score (nSPS) is 15.9. The summed E-state index contributed by atoms with van der Waals surface area (Å²) in [7, 11) is 5.98. The van der Waals surface area contributed by atoms with Crippen LogP contribution in [0.3, 0.4) is 0 Å². The number of hydrogen-bond acceptors (Lipinski definition) is 9. The molecule has 8 nitrogen and oxygen atoms in total. The minimum Gasteiger partial charge on any atom is -0.495 e. The number of methoxy groups -OCH3 is 1. The van der Waals surface area contributed by atoms with Crippen LogP contribution in [0.5, 0.6) is 5.75 Å². The molecule has 3 N–H and O–H groups in total. The number of anilines is 5. The number of rotatable bonds is 8. The van der Waals surface area contributed by atoms with Crippen LogP contribution in [0.15, 0.2) is 47.8 Å². The number of thiophene rings is 1. The lowest BCUT2D eigenvalue weighted by Crippen LogP contribution is -2.31. The van der Waals surface area contributed by atoms with Crippen molar-refractivity contribution < 1.29 is 9.84 Å². The van der Waals surface area contributed by atoms with Gasteiger partial charge in [-0.05, 0) is 82.1 Å². The summed E-state index contributed by atoms with van der Waals surface area (Å²) in [4.78, 5) is 15.2. The Hall–Kier alpha value is -3.40. The largest absolute Gasteiger partial charge is 0.495 e. The Morgan fingerprint density at radius 1 is 1.11 bits per heavy atom. The molecule has 9 heteroatoms. The summed E-state index contributed by atoms with van der Waals surface area (Å²) >= 11 is 1.59. The van der Waals surface area contributed by atoms with Crippen molar-refractivity contribution in [3.63, 3.8) is 0 Å². The number of nitrogens with one attached hydrogen (secondary N) is 2. The van der Waals surface area contributed by atoms with Crippen LogP contribution in [0.1, 0.15) is 31.4 Å². The van der Waals surface area contributed by atoms with Crippen LogP contribution in [0, 0.1) is 6.92 Å². The lowest BCUT2D eigenvalue weighted by molar-refractivity contribution is 0.0786. The van der Waals surface area contributed by atoms with E-state index in [-0.39, 0.29) is 0 Å². The molecule has 0 spiro atoms.